The summed E-state index contributed by atoms with van der Waals surface area (Å²) in [5.41, 5.74) is 3.81. The van der Waals surface area contributed by atoms with E-state index in [-0.39, 0.29) is 22.1 Å². The van der Waals surface area contributed by atoms with Gasteiger partial charge in [-0.05, 0) is 78.8 Å². The maximum absolute atomic E-state index is 13.3. The summed E-state index contributed by atoms with van der Waals surface area (Å²) in [6.45, 7) is 0. The van der Waals surface area contributed by atoms with Crippen LogP contribution in [0.5, 0.6) is 5.75 Å². The van der Waals surface area contributed by atoms with Crippen LogP contribution >= 0.6 is 23.2 Å². The first kappa shape index (κ1) is 22.5. The van der Waals surface area contributed by atoms with Crippen molar-refractivity contribution >= 4 is 46.3 Å². The van der Waals surface area contributed by atoms with Crippen LogP contribution in [0.2, 0.25) is 10.0 Å². The van der Waals surface area contributed by atoms with Gasteiger partial charge in [0.1, 0.15) is 11.5 Å². The maximum Gasteiger partial charge on any atom is 0.300 e. The zero-order chi connectivity index (χ0) is 24.0. The third kappa shape index (κ3) is 3.85. The molecule has 5 nitrogen and oxygen atoms in total. The molecule has 1 aliphatic heterocycles. The average Bonchev–Trinajstić information content (AvgIpc) is 3.11. The van der Waals surface area contributed by atoms with Crippen LogP contribution < -0.4 is 4.90 Å². The minimum absolute atomic E-state index is 0.0162. The second-order valence-corrected chi connectivity index (χ2v) is 9.36. The highest BCUT2D eigenvalue weighted by Crippen LogP contribution is 2.43. The topological polar surface area (TPSA) is 77.8 Å². The molecule has 3 aromatic carbocycles. The predicted octanol–water partition coefficient (Wildman–Crippen LogP) is 6.20. The number of phenolic OH excluding ortho intramolecular Hbond substituents is 1. The highest BCUT2D eigenvalue weighted by Gasteiger charge is 2.47. The van der Waals surface area contributed by atoms with Gasteiger partial charge in [0.15, 0.2) is 0 Å². The van der Waals surface area contributed by atoms with Gasteiger partial charge in [-0.2, -0.15) is 0 Å². The monoisotopic (exact) mass is 493 g/mol. The third-order valence-electron chi connectivity index (χ3n) is 6.46. The number of nitrogens with zero attached hydrogens (tertiary/aromatic N) is 1. The van der Waals surface area contributed by atoms with Gasteiger partial charge in [0.05, 0.1) is 21.7 Å². The van der Waals surface area contributed by atoms with Crippen LogP contribution in [-0.4, -0.2) is 21.9 Å². The van der Waals surface area contributed by atoms with E-state index >= 15 is 0 Å². The number of halogens is 2. The standard InChI is InChI=1S/C27H21Cl2NO4/c28-21-12-9-19(14-22(21)29)30-24(16-7-10-20(31)11-8-16)23(26(33)27(30)34)25(32)18-6-5-15-3-1-2-4-17(15)13-18/h5-14,24,31-32H,1-4H2/b25-23-. The summed E-state index contributed by atoms with van der Waals surface area (Å²) >= 11 is 12.3. The molecule has 1 fully saturated rings. The third-order valence-corrected chi connectivity index (χ3v) is 7.20. The van der Waals surface area contributed by atoms with Crippen LogP contribution in [0.3, 0.4) is 0 Å². The van der Waals surface area contributed by atoms with E-state index in [4.69, 9.17) is 23.2 Å². The smallest absolute Gasteiger partial charge is 0.300 e. The van der Waals surface area contributed by atoms with E-state index in [9.17, 15) is 19.8 Å². The molecule has 1 unspecified atom stereocenters. The van der Waals surface area contributed by atoms with Crippen LogP contribution in [0.15, 0.2) is 66.2 Å². The first-order valence-electron chi connectivity index (χ1n) is 11.0. The fourth-order valence-corrected chi connectivity index (χ4v) is 5.03. The van der Waals surface area contributed by atoms with Crippen molar-refractivity contribution in [3.05, 3.63) is 98.5 Å². The van der Waals surface area contributed by atoms with Crippen LogP contribution in [0, 0.1) is 0 Å². The van der Waals surface area contributed by atoms with Crippen LogP contribution in [0.1, 0.15) is 41.1 Å². The minimum Gasteiger partial charge on any atom is -0.508 e. The molecule has 7 heteroatoms. The number of hydrogen-bond acceptors (Lipinski definition) is 4. The Hall–Kier alpha value is -3.28. The molecule has 0 radical (unpaired) electrons. The fraction of sp³-hybridized carbons (Fsp3) is 0.185. The zero-order valence-corrected chi connectivity index (χ0v) is 19.6. The molecule has 1 aliphatic carbocycles. The Morgan fingerprint density at radius 3 is 2.26 bits per heavy atom. The van der Waals surface area contributed by atoms with Crippen molar-refractivity contribution in [2.45, 2.75) is 31.7 Å². The number of carbonyl (C=O) groups is 2. The van der Waals surface area contributed by atoms with E-state index in [1.807, 2.05) is 12.1 Å². The summed E-state index contributed by atoms with van der Waals surface area (Å²) in [5.74, 6) is -1.76. The number of hydrogen-bond donors (Lipinski definition) is 2. The predicted molar refractivity (Wildman–Crippen MR) is 132 cm³/mol. The summed E-state index contributed by atoms with van der Waals surface area (Å²) in [7, 11) is 0. The lowest BCUT2D eigenvalue weighted by Crippen LogP contribution is -2.29. The Bertz CT molecular complexity index is 1350. The average molecular weight is 494 g/mol. The number of aliphatic hydroxyl groups is 1. The highest BCUT2D eigenvalue weighted by molar-refractivity contribution is 6.52. The Labute approximate surface area is 206 Å². The number of fused-ring (bicyclic) bond motifs is 1. The van der Waals surface area contributed by atoms with Gasteiger partial charge in [-0.3, -0.25) is 14.5 Å². The molecular formula is C27H21Cl2NO4. The van der Waals surface area contributed by atoms with Crippen molar-refractivity contribution in [2.24, 2.45) is 0 Å². The van der Waals surface area contributed by atoms with E-state index in [2.05, 4.69) is 0 Å². The molecule has 0 spiro atoms. The van der Waals surface area contributed by atoms with Gasteiger partial charge in [0.2, 0.25) is 0 Å². The van der Waals surface area contributed by atoms with Gasteiger partial charge in [-0.15, -0.1) is 0 Å². The van der Waals surface area contributed by atoms with Gasteiger partial charge < -0.3 is 10.2 Å². The summed E-state index contributed by atoms with van der Waals surface area (Å²) < 4.78 is 0. The van der Waals surface area contributed by atoms with Crippen molar-refractivity contribution in [3.63, 3.8) is 0 Å². The van der Waals surface area contributed by atoms with Crippen molar-refractivity contribution in [3.8, 4) is 5.75 Å². The number of anilines is 1. The molecule has 0 aromatic heterocycles. The molecular weight excluding hydrogens is 473 g/mol. The summed E-state index contributed by atoms with van der Waals surface area (Å²) in [5, 5.41) is 21.7. The molecule has 1 atom stereocenters. The van der Waals surface area contributed by atoms with Crippen LogP contribution in [0.25, 0.3) is 5.76 Å². The molecule has 0 bridgehead atoms. The summed E-state index contributed by atoms with van der Waals surface area (Å²) in [6, 6.07) is 15.6. The maximum atomic E-state index is 13.3. The number of carbonyl (C=O) groups excluding carboxylic acids is 2. The van der Waals surface area contributed by atoms with E-state index in [1.54, 1.807) is 30.3 Å². The molecule has 0 saturated carbocycles. The Balaban J connectivity index is 1.70. The zero-order valence-electron chi connectivity index (χ0n) is 18.1. The molecule has 34 heavy (non-hydrogen) atoms. The molecule has 1 saturated heterocycles. The summed E-state index contributed by atoms with van der Waals surface area (Å²) in [4.78, 5) is 27.8. The molecule has 1 amide bonds. The Morgan fingerprint density at radius 1 is 0.853 bits per heavy atom. The van der Waals surface area contributed by atoms with Crippen LogP contribution in [-0.2, 0) is 22.4 Å². The van der Waals surface area contributed by atoms with E-state index in [0.29, 0.717) is 21.8 Å². The molecule has 172 valence electrons. The van der Waals surface area contributed by atoms with Gasteiger partial charge in [0, 0.05) is 11.3 Å². The number of amides is 1. The number of aliphatic hydroxyl groups excluding tert-OH is 1. The first-order valence-corrected chi connectivity index (χ1v) is 11.8. The lowest BCUT2D eigenvalue weighted by atomic mass is 9.88. The Kier molecular flexibility index (Phi) is 5.84. The van der Waals surface area contributed by atoms with Crippen molar-refractivity contribution in [2.75, 3.05) is 4.90 Å². The molecule has 5 rings (SSSR count). The van der Waals surface area contributed by atoms with E-state index in [0.717, 1.165) is 31.2 Å². The van der Waals surface area contributed by atoms with Gasteiger partial charge in [-0.25, -0.2) is 0 Å². The quantitative estimate of drug-likeness (QED) is 0.258. The molecule has 2 aliphatic rings. The van der Waals surface area contributed by atoms with Gasteiger partial charge in [0.25, 0.3) is 11.7 Å². The molecule has 2 N–H and O–H groups in total. The van der Waals surface area contributed by atoms with Crippen molar-refractivity contribution in [1.29, 1.82) is 0 Å². The first-order chi connectivity index (χ1) is 16.3. The van der Waals surface area contributed by atoms with E-state index in [1.165, 1.54) is 28.7 Å². The number of ketones is 1. The second kappa shape index (κ2) is 8.82. The summed E-state index contributed by atoms with van der Waals surface area (Å²) in [6.07, 6.45) is 4.11. The lowest BCUT2D eigenvalue weighted by Gasteiger charge is -2.26. The van der Waals surface area contributed by atoms with Crippen molar-refractivity contribution < 1.29 is 19.8 Å². The van der Waals surface area contributed by atoms with Gasteiger partial charge in [-0.1, -0.05) is 47.5 Å². The number of Topliss-reactive ketones (excluding diaryl/α,β-unsaturated/α-hetero) is 1. The number of rotatable bonds is 3. The number of aromatic hydroxyl groups is 1. The largest absolute Gasteiger partial charge is 0.508 e. The minimum atomic E-state index is -0.908. The molecule has 1 heterocycles. The van der Waals surface area contributed by atoms with Crippen molar-refractivity contribution in [1.82, 2.24) is 0 Å². The second-order valence-electron chi connectivity index (χ2n) is 8.55. The normalized spacial score (nSPS) is 19.4. The highest BCUT2D eigenvalue weighted by atomic mass is 35.5. The van der Waals surface area contributed by atoms with E-state index < -0.39 is 17.7 Å². The number of benzene rings is 3. The SMILES string of the molecule is O=C1C(=O)N(c2ccc(Cl)c(Cl)c2)C(c2ccc(O)cc2)/C1=C(/O)c1ccc2c(c1)CCCC2. The number of aryl methyl sites for hydroxylation is 2. The van der Waals surface area contributed by atoms with Crippen LogP contribution in [0.4, 0.5) is 5.69 Å². The molecule has 3 aromatic rings. The van der Waals surface area contributed by atoms with Gasteiger partial charge >= 0.3 is 0 Å². The fourth-order valence-electron chi connectivity index (χ4n) is 4.74. The number of phenols is 1. The Morgan fingerprint density at radius 2 is 1.56 bits per heavy atom. The lowest BCUT2D eigenvalue weighted by molar-refractivity contribution is -0.132.